The van der Waals surface area contributed by atoms with Crippen molar-refractivity contribution in [3.8, 4) is 0 Å². The van der Waals surface area contributed by atoms with Gasteiger partial charge < -0.3 is 11.1 Å². The zero-order valence-electron chi connectivity index (χ0n) is 15.9. The van der Waals surface area contributed by atoms with Crippen LogP contribution >= 0.6 is 27.3 Å². The van der Waals surface area contributed by atoms with E-state index in [1.54, 1.807) is 0 Å². The second-order valence-electron chi connectivity index (χ2n) is 8.23. The summed E-state index contributed by atoms with van der Waals surface area (Å²) in [5, 5.41) is 3.53. The van der Waals surface area contributed by atoms with Crippen LogP contribution in [-0.4, -0.2) is 11.8 Å². The highest BCUT2D eigenvalue weighted by Gasteiger charge is 2.33. The number of carbonyl (C=O) groups excluding carboxylic acids is 2. The molecule has 0 saturated carbocycles. The van der Waals surface area contributed by atoms with Crippen molar-refractivity contribution in [1.82, 2.24) is 0 Å². The molecule has 1 aliphatic rings. The first-order valence-electron chi connectivity index (χ1n) is 9.13. The summed E-state index contributed by atoms with van der Waals surface area (Å²) in [4.78, 5) is 25.8. The molecule has 6 heteroatoms. The van der Waals surface area contributed by atoms with Crippen LogP contribution in [0.25, 0.3) is 0 Å². The molecule has 0 aliphatic heterocycles. The highest BCUT2D eigenvalue weighted by atomic mass is 79.9. The van der Waals surface area contributed by atoms with Crippen molar-refractivity contribution in [2.45, 2.75) is 46.5 Å². The van der Waals surface area contributed by atoms with Gasteiger partial charge in [0.25, 0.3) is 5.91 Å². The number of anilines is 1. The monoisotopic (exact) mass is 448 g/mol. The zero-order valence-corrected chi connectivity index (χ0v) is 18.3. The van der Waals surface area contributed by atoms with Crippen LogP contribution in [0.2, 0.25) is 0 Å². The molecule has 0 fully saturated rings. The third-order valence-electron chi connectivity index (χ3n) is 5.27. The van der Waals surface area contributed by atoms with E-state index in [1.165, 1.54) is 16.2 Å². The molecule has 3 N–H and O–H groups in total. The molecule has 0 bridgehead atoms. The molecule has 3 rings (SSSR count). The first kappa shape index (κ1) is 20.1. The Balaban J connectivity index is 1.81. The fourth-order valence-corrected chi connectivity index (χ4v) is 5.25. The Kier molecular flexibility index (Phi) is 5.77. The Morgan fingerprint density at radius 3 is 2.52 bits per heavy atom. The fourth-order valence-electron chi connectivity index (χ4n) is 3.63. The van der Waals surface area contributed by atoms with Crippen molar-refractivity contribution in [3.05, 3.63) is 50.3 Å². The Labute approximate surface area is 172 Å². The highest BCUT2D eigenvalue weighted by Crippen LogP contribution is 2.44. The van der Waals surface area contributed by atoms with E-state index in [9.17, 15) is 9.59 Å². The summed E-state index contributed by atoms with van der Waals surface area (Å²) in [7, 11) is 0. The van der Waals surface area contributed by atoms with Gasteiger partial charge in [0.1, 0.15) is 5.00 Å². The van der Waals surface area contributed by atoms with Crippen LogP contribution in [0.1, 0.15) is 53.6 Å². The summed E-state index contributed by atoms with van der Waals surface area (Å²) in [6, 6.07) is 7.64. The molecular weight excluding hydrogens is 424 g/mol. The van der Waals surface area contributed by atoms with Crippen LogP contribution in [0, 0.1) is 11.3 Å². The predicted molar refractivity (Wildman–Crippen MR) is 114 cm³/mol. The van der Waals surface area contributed by atoms with E-state index in [4.69, 9.17) is 5.73 Å². The molecule has 0 spiro atoms. The summed E-state index contributed by atoms with van der Waals surface area (Å²) in [6.45, 7) is 6.77. The minimum absolute atomic E-state index is 0.134. The third-order valence-corrected chi connectivity index (χ3v) is 6.97. The molecule has 1 aromatic carbocycles. The van der Waals surface area contributed by atoms with E-state index in [1.807, 2.05) is 24.3 Å². The number of benzene rings is 1. The molecule has 27 heavy (non-hydrogen) atoms. The number of nitrogens with two attached hydrogens (primary N) is 1. The maximum atomic E-state index is 12.5. The van der Waals surface area contributed by atoms with Gasteiger partial charge in [0.2, 0.25) is 5.91 Å². The van der Waals surface area contributed by atoms with Crippen LogP contribution in [0.3, 0.4) is 0 Å². The average molecular weight is 449 g/mol. The number of thiophene rings is 1. The standard InChI is InChI=1S/C21H25BrN2O2S/c1-21(2,3)13-6-9-15-16(11-13)27-20(18(15)19(23)26)24-17(25)10-12-4-7-14(22)8-5-12/h4-5,7-8,13H,6,9-11H2,1-3H3,(H2,23,26)(H,24,25). The first-order valence-corrected chi connectivity index (χ1v) is 10.7. The minimum Gasteiger partial charge on any atom is -0.365 e. The van der Waals surface area contributed by atoms with E-state index in [-0.39, 0.29) is 17.7 Å². The smallest absolute Gasteiger partial charge is 0.251 e. The van der Waals surface area contributed by atoms with Gasteiger partial charge in [0.05, 0.1) is 12.0 Å². The number of rotatable bonds is 4. The van der Waals surface area contributed by atoms with Crippen molar-refractivity contribution in [1.29, 1.82) is 0 Å². The molecule has 0 saturated heterocycles. The molecule has 144 valence electrons. The Morgan fingerprint density at radius 2 is 1.93 bits per heavy atom. The second-order valence-corrected chi connectivity index (χ2v) is 10.3. The topological polar surface area (TPSA) is 72.2 Å². The van der Waals surface area contributed by atoms with Gasteiger partial charge in [0.15, 0.2) is 0 Å². The maximum Gasteiger partial charge on any atom is 0.251 e. The van der Waals surface area contributed by atoms with E-state index < -0.39 is 5.91 Å². The molecule has 2 amide bonds. The first-order chi connectivity index (χ1) is 12.6. The van der Waals surface area contributed by atoms with E-state index in [2.05, 4.69) is 42.0 Å². The quantitative estimate of drug-likeness (QED) is 0.694. The second kappa shape index (κ2) is 7.76. The molecule has 2 aromatic rings. The van der Waals surface area contributed by atoms with Crippen LogP contribution in [0.15, 0.2) is 28.7 Å². The summed E-state index contributed by atoms with van der Waals surface area (Å²) in [5.74, 6) is -0.0258. The molecule has 1 heterocycles. The number of hydrogen-bond donors (Lipinski definition) is 2. The number of primary amides is 1. The lowest BCUT2D eigenvalue weighted by Gasteiger charge is -2.33. The largest absolute Gasteiger partial charge is 0.365 e. The number of amides is 2. The predicted octanol–water partition coefficient (Wildman–Crippen LogP) is 4.94. The molecular formula is C21H25BrN2O2S. The number of hydrogen-bond acceptors (Lipinski definition) is 3. The lowest BCUT2D eigenvalue weighted by Crippen LogP contribution is -2.27. The van der Waals surface area contributed by atoms with Gasteiger partial charge in [-0.3, -0.25) is 9.59 Å². The van der Waals surface area contributed by atoms with Crippen molar-refractivity contribution < 1.29 is 9.59 Å². The number of fused-ring (bicyclic) bond motifs is 1. The van der Waals surface area contributed by atoms with Crippen molar-refractivity contribution in [3.63, 3.8) is 0 Å². The summed E-state index contributed by atoms with van der Waals surface area (Å²) < 4.78 is 0.974. The van der Waals surface area contributed by atoms with Crippen molar-refractivity contribution in [2.24, 2.45) is 17.1 Å². The van der Waals surface area contributed by atoms with Crippen molar-refractivity contribution >= 4 is 44.1 Å². The SMILES string of the molecule is CC(C)(C)C1CCc2c(sc(NC(=O)Cc3ccc(Br)cc3)c2C(N)=O)C1. The summed E-state index contributed by atoms with van der Waals surface area (Å²) in [5.41, 5.74) is 8.34. The molecule has 1 unspecified atom stereocenters. The summed E-state index contributed by atoms with van der Waals surface area (Å²) in [6.07, 6.45) is 3.08. The Hall–Kier alpha value is -1.66. The third kappa shape index (κ3) is 4.61. The summed E-state index contributed by atoms with van der Waals surface area (Å²) >= 11 is 4.90. The maximum absolute atomic E-state index is 12.5. The number of nitrogens with one attached hydrogen (secondary N) is 1. The van der Waals surface area contributed by atoms with Gasteiger partial charge in [-0.2, -0.15) is 0 Å². The van der Waals surface area contributed by atoms with E-state index in [0.29, 0.717) is 16.5 Å². The minimum atomic E-state index is -0.458. The molecule has 1 aromatic heterocycles. The Morgan fingerprint density at radius 1 is 1.26 bits per heavy atom. The van der Waals surface area contributed by atoms with Gasteiger partial charge >= 0.3 is 0 Å². The van der Waals surface area contributed by atoms with E-state index in [0.717, 1.165) is 34.9 Å². The molecule has 1 aliphatic carbocycles. The van der Waals surface area contributed by atoms with Gasteiger partial charge in [-0.25, -0.2) is 0 Å². The van der Waals surface area contributed by atoms with Crippen molar-refractivity contribution in [2.75, 3.05) is 5.32 Å². The number of carbonyl (C=O) groups is 2. The normalized spacial score (nSPS) is 16.7. The van der Waals surface area contributed by atoms with Crippen LogP contribution in [-0.2, 0) is 24.1 Å². The molecule has 1 atom stereocenters. The average Bonchev–Trinajstić information content (AvgIpc) is 2.93. The fraction of sp³-hybridized carbons (Fsp3) is 0.429. The van der Waals surface area contributed by atoms with Crippen LogP contribution < -0.4 is 11.1 Å². The lowest BCUT2D eigenvalue weighted by atomic mass is 9.72. The van der Waals surface area contributed by atoms with Gasteiger partial charge in [-0.05, 0) is 53.9 Å². The molecule has 0 radical (unpaired) electrons. The molecule has 4 nitrogen and oxygen atoms in total. The lowest BCUT2D eigenvalue weighted by molar-refractivity contribution is -0.115. The van der Waals surface area contributed by atoms with Gasteiger partial charge in [0, 0.05) is 9.35 Å². The van der Waals surface area contributed by atoms with Gasteiger partial charge in [-0.15, -0.1) is 11.3 Å². The Bertz CT molecular complexity index is 866. The van der Waals surface area contributed by atoms with Crippen LogP contribution in [0.4, 0.5) is 5.00 Å². The van der Waals surface area contributed by atoms with Gasteiger partial charge in [-0.1, -0.05) is 48.8 Å². The van der Waals surface area contributed by atoms with E-state index >= 15 is 0 Å². The number of halogens is 1. The van der Waals surface area contributed by atoms with Crippen LogP contribution in [0.5, 0.6) is 0 Å². The zero-order chi connectivity index (χ0) is 19.8. The highest BCUT2D eigenvalue weighted by molar-refractivity contribution is 9.10.